The molecule has 126 valence electrons. The molecule has 0 aromatic rings. The van der Waals surface area contributed by atoms with Gasteiger partial charge >= 0.3 is 18.2 Å². The van der Waals surface area contributed by atoms with Gasteiger partial charge in [-0.3, -0.25) is 4.79 Å². The lowest BCUT2D eigenvalue weighted by Crippen LogP contribution is -2.46. The van der Waals surface area contributed by atoms with Crippen LogP contribution in [0.1, 0.15) is 41.5 Å². The number of carbonyl (C=O) groups excluding carboxylic acids is 2. The van der Waals surface area contributed by atoms with Crippen molar-refractivity contribution >= 4 is 18.2 Å². The largest absolute Gasteiger partial charge is 0.464 e. The van der Waals surface area contributed by atoms with Gasteiger partial charge in [0.25, 0.3) is 0 Å². The Kier molecular flexibility index (Phi) is 4.94. The number of nitrogens with zero attached hydrogens (tertiary/aromatic N) is 2. The molecule has 1 aliphatic rings. The van der Waals surface area contributed by atoms with Gasteiger partial charge in [0.2, 0.25) is 0 Å². The SMILES string of the molecule is CC(C)(C)OC(=O)N1CC(OC(=O)C(C)(C)C)CN1C(=O)O. The molecule has 1 N–H and O–H groups in total. The van der Waals surface area contributed by atoms with Crippen LogP contribution in [-0.4, -0.2) is 58.1 Å². The van der Waals surface area contributed by atoms with Crippen LogP contribution in [0.2, 0.25) is 0 Å². The molecule has 1 atom stereocenters. The highest BCUT2D eigenvalue weighted by atomic mass is 16.6. The van der Waals surface area contributed by atoms with Gasteiger partial charge in [0, 0.05) is 0 Å². The number of esters is 1. The second kappa shape index (κ2) is 6.02. The zero-order chi connectivity index (χ0) is 17.3. The van der Waals surface area contributed by atoms with E-state index in [2.05, 4.69) is 0 Å². The fourth-order valence-corrected chi connectivity index (χ4v) is 1.71. The third-order valence-electron chi connectivity index (χ3n) is 2.76. The quantitative estimate of drug-likeness (QED) is 0.744. The second-order valence-corrected chi connectivity index (χ2v) is 7.20. The first-order valence-electron chi connectivity index (χ1n) is 7.03. The molecular weight excluding hydrogens is 292 g/mol. The molecule has 0 radical (unpaired) electrons. The number of hydrazine groups is 1. The Hall–Kier alpha value is -1.99. The van der Waals surface area contributed by atoms with Crippen LogP contribution in [0.4, 0.5) is 9.59 Å². The number of rotatable bonds is 1. The van der Waals surface area contributed by atoms with Gasteiger partial charge < -0.3 is 14.6 Å². The molecular formula is C14H24N2O6. The van der Waals surface area contributed by atoms with Crippen molar-refractivity contribution in [3.05, 3.63) is 0 Å². The Morgan fingerprint density at radius 1 is 1.00 bits per heavy atom. The lowest BCUT2D eigenvalue weighted by Gasteiger charge is -2.28. The maximum absolute atomic E-state index is 12.1. The van der Waals surface area contributed by atoms with Crippen LogP contribution in [0.5, 0.6) is 0 Å². The first-order valence-corrected chi connectivity index (χ1v) is 7.03. The molecule has 1 aliphatic heterocycles. The molecule has 0 saturated carbocycles. The monoisotopic (exact) mass is 316 g/mol. The van der Waals surface area contributed by atoms with Gasteiger partial charge in [-0.15, -0.1) is 0 Å². The van der Waals surface area contributed by atoms with Gasteiger partial charge in [0.05, 0.1) is 18.5 Å². The number of carbonyl (C=O) groups is 3. The Morgan fingerprint density at radius 2 is 1.50 bits per heavy atom. The molecule has 0 aromatic heterocycles. The van der Waals surface area contributed by atoms with Crippen LogP contribution in [0.3, 0.4) is 0 Å². The first-order chi connectivity index (χ1) is 9.81. The minimum absolute atomic E-state index is 0.0525. The van der Waals surface area contributed by atoms with Gasteiger partial charge in [-0.1, -0.05) is 0 Å². The lowest BCUT2D eigenvalue weighted by atomic mass is 9.97. The molecule has 1 saturated heterocycles. The summed E-state index contributed by atoms with van der Waals surface area (Å²) in [5.74, 6) is -0.450. The van der Waals surface area contributed by atoms with Crippen LogP contribution < -0.4 is 0 Å². The van der Waals surface area contributed by atoms with Gasteiger partial charge in [-0.2, -0.15) is 0 Å². The van der Waals surface area contributed by atoms with Crippen molar-refractivity contribution in [3.63, 3.8) is 0 Å². The summed E-state index contributed by atoms with van der Waals surface area (Å²) in [6.07, 6.45) is -2.81. The highest BCUT2D eigenvalue weighted by molar-refractivity contribution is 5.76. The third-order valence-corrected chi connectivity index (χ3v) is 2.76. The molecule has 8 nitrogen and oxygen atoms in total. The molecule has 1 fully saturated rings. The zero-order valence-corrected chi connectivity index (χ0v) is 13.9. The molecule has 0 spiro atoms. The molecule has 1 unspecified atom stereocenters. The van der Waals surface area contributed by atoms with Crippen molar-refractivity contribution in [3.8, 4) is 0 Å². The van der Waals surface area contributed by atoms with E-state index in [1.54, 1.807) is 41.5 Å². The summed E-state index contributed by atoms with van der Waals surface area (Å²) in [5, 5.41) is 10.9. The topological polar surface area (TPSA) is 96.4 Å². The predicted octanol–water partition coefficient (Wildman–Crippen LogP) is 2.09. The number of carboxylic acid groups (broad SMARTS) is 1. The molecule has 0 bridgehead atoms. The summed E-state index contributed by atoms with van der Waals surface area (Å²) in [6.45, 7) is 10.00. The van der Waals surface area contributed by atoms with E-state index in [-0.39, 0.29) is 13.1 Å². The minimum atomic E-state index is -1.31. The van der Waals surface area contributed by atoms with Crippen LogP contribution in [0.25, 0.3) is 0 Å². The Bertz CT molecular complexity index is 463. The second-order valence-electron chi connectivity index (χ2n) is 7.20. The molecule has 0 aromatic carbocycles. The standard InChI is InChI=1S/C14H24N2O6/c1-13(2,3)10(17)21-9-7-15(11(18)19)16(8-9)12(20)22-14(4,5)6/h9H,7-8H2,1-6H3,(H,18,19). The fourth-order valence-electron chi connectivity index (χ4n) is 1.71. The summed E-state index contributed by atoms with van der Waals surface area (Å²) < 4.78 is 10.4. The van der Waals surface area contributed by atoms with Crippen LogP contribution in [0.15, 0.2) is 0 Å². The molecule has 2 amide bonds. The lowest BCUT2D eigenvalue weighted by molar-refractivity contribution is -0.157. The van der Waals surface area contributed by atoms with Gasteiger partial charge in [-0.25, -0.2) is 19.6 Å². The van der Waals surface area contributed by atoms with E-state index >= 15 is 0 Å². The molecule has 22 heavy (non-hydrogen) atoms. The maximum atomic E-state index is 12.1. The maximum Gasteiger partial charge on any atom is 0.429 e. The number of ether oxygens (including phenoxy) is 2. The average molecular weight is 316 g/mol. The fraction of sp³-hybridized carbons (Fsp3) is 0.786. The number of hydrogen-bond acceptors (Lipinski definition) is 5. The van der Waals surface area contributed by atoms with E-state index in [1.807, 2.05) is 0 Å². The highest BCUT2D eigenvalue weighted by Gasteiger charge is 2.41. The molecule has 0 aliphatic carbocycles. The molecule has 1 heterocycles. The highest BCUT2D eigenvalue weighted by Crippen LogP contribution is 2.22. The van der Waals surface area contributed by atoms with Crippen molar-refractivity contribution in [2.24, 2.45) is 5.41 Å². The van der Waals surface area contributed by atoms with Gasteiger partial charge in [-0.05, 0) is 41.5 Å². The summed E-state index contributed by atoms with van der Waals surface area (Å²) in [7, 11) is 0. The zero-order valence-electron chi connectivity index (χ0n) is 13.9. The smallest absolute Gasteiger partial charge is 0.429 e. The number of hydrogen-bond donors (Lipinski definition) is 1. The van der Waals surface area contributed by atoms with Gasteiger partial charge in [0.15, 0.2) is 0 Å². The Balaban J connectivity index is 2.80. The Labute approximate surface area is 129 Å². The first kappa shape index (κ1) is 18.1. The van der Waals surface area contributed by atoms with E-state index in [9.17, 15) is 19.5 Å². The van der Waals surface area contributed by atoms with Crippen molar-refractivity contribution in [2.45, 2.75) is 53.2 Å². The Morgan fingerprint density at radius 3 is 1.91 bits per heavy atom. The number of amides is 2. The van der Waals surface area contributed by atoms with Crippen molar-refractivity contribution in [1.82, 2.24) is 10.0 Å². The van der Waals surface area contributed by atoms with Crippen molar-refractivity contribution in [2.75, 3.05) is 13.1 Å². The van der Waals surface area contributed by atoms with E-state index in [0.717, 1.165) is 10.0 Å². The van der Waals surface area contributed by atoms with Crippen LogP contribution >= 0.6 is 0 Å². The summed E-state index contributed by atoms with van der Waals surface area (Å²) in [6, 6.07) is 0. The van der Waals surface area contributed by atoms with Gasteiger partial charge in [0.1, 0.15) is 11.7 Å². The molecule has 8 heteroatoms. The van der Waals surface area contributed by atoms with Crippen molar-refractivity contribution in [1.29, 1.82) is 0 Å². The summed E-state index contributed by atoms with van der Waals surface area (Å²) >= 11 is 0. The van der Waals surface area contributed by atoms with Crippen LogP contribution in [-0.2, 0) is 14.3 Å². The van der Waals surface area contributed by atoms with E-state index < -0.39 is 35.3 Å². The van der Waals surface area contributed by atoms with E-state index in [1.165, 1.54) is 0 Å². The summed E-state index contributed by atoms with van der Waals surface area (Å²) in [4.78, 5) is 35.2. The van der Waals surface area contributed by atoms with E-state index in [4.69, 9.17) is 9.47 Å². The summed E-state index contributed by atoms with van der Waals surface area (Å²) in [5.41, 5.74) is -1.45. The van der Waals surface area contributed by atoms with E-state index in [0.29, 0.717) is 0 Å². The van der Waals surface area contributed by atoms with Crippen LogP contribution in [0, 0.1) is 5.41 Å². The normalized spacial score (nSPS) is 19.1. The third kappa shape index (κ3) is 4.78. The van der Waals surface area contributed by atoms with Crippen molar-refractivity contribution < 1.29 is 29.0 Å². The minimum Gasteiger partial charge on any atom is -0.464 e. The molecule has 1 rings (SSSR count). The predicted molar refractivity (Wildman–Crippen MR) is 77.0 cm³/mol. The average Bonchev–Trinajstić information content (AvgIpc) is 2.69.